The Hall–Kier alpha value is -1.28. The van der Waals surface area contributed by atoms with Gasteiger partial charge in [-0.25, -0.2) is 0 Å². The molecule has 1 aromatic rings. The van der Waals surface area contributed by atoms with Crippen molar-refractivity contribution in [3.63, 3.8) is 0 Å². The number of hydrogen-bond acceptors (Lipinski definition) is 2. The average molecular weight is 206 g/mol. The zero-order chi connectivity index (χ0) is 11.3. The van der Waals surface area contributed by atoms with Gasteiger partial charge in [0.1, 0.15) is 5.75 Å². The van der Waals surface area contributed by atoms with Crippen molar-refractivity contribution in [1.29, 1.82) is 0 Å². The summed E-state index contributed by atoms with van der Waals surface area (Å²) in [5.41, 5.74) is 2.07. The van der Waals surface area contributed by atoms with Crippen molar-refractivity contribution in [1.82, 2.24) is 0 Å². The van der Waals surface area contributed by atoms with E-state index in [1.807, 2.05) is 32.0 Å². The van der Waals surface area contributed by atoms with E-state index in [1.165, 1.54) is 0 Å². The summed E-state index contributed by atoms with van der Waals surface area (Å²) in [7, 11) is 0. The van der Waals surface area contributed by atoms with Gasteiger partial charge in [-0.05, 0) is 18.6 Å². The summed E-state index contributed by atoms with van der Waals surface area (Å²) < 4.78 is 5.51. The number of hydrogen-bond donors (Lipinski definition) is 1. The fourth-order valence-electron chi connectivity index (χ4n) is 1.59. The van der Waals surface area contributed by atoms with Gasteiger partial charge in [0, 0.05) is 18.1 Å². The highest BCUT2D eigenvalue weighted by Crippen LogP contribution is 2.28. The number of benzene rings is 1. The molecule has 1 atom stereocenters. The Balaban J connectivity index is 3.15. The summed E-state index contributed by atoms with van der Waals surface area (Å²) in [4.78, 5) is 0. The first-order valence-corrected chi connectivity index (χ1v) is 5.23. The quantitative estimate of drug-likeness (QED) is 0.802. The summed E-state index contributed by atoms with van der Waals surface area (Å²) in [6, 6.07) is 5.87. The zero-order valence-corrected chi connectivity index (χ0v) is 9.36. The van der Waals surface area contributed by atoms with Crippen molar-refractivity contribution in [2.75, 3.05) is 13.2 Å². The van der Waals surface area contributed by atoms with Crippen molar-refractivity contribution in [3.05, 3.63) is 35.9 Å². The first-order valence-electron chi connectivity index (χ1n) is 5.23. The van der Waals surface area contributed by atoms with Crippen LogP contribution in [0, 0.1) is 0 Å². The summed E-state index contributed by atoms with van der Waals surface area (Å²) >= 11 is 0. The van der Waals surface area contributed by atoms with Crippen molar-refractivity contribution in [2.24, 2.45) is 0 Å². The fourth-order valence-corrected chi connectivity index (χ4v) is 1.59. The van der Waals surface area contributed by atoms with E-state index in [9.17, 15) is 0 Å². The number of ether oxygens (including phenoxy) is 1. The highest BCUT2D eigenvalue weighted by atomic mass is 16.5. The molecule has 0 aliphatic carbocycles. The molecule has 2 heteroatoms. The van der Waals surface area contributed by atoms with E-state index in [1.54, 1.807) is 6.08 Å². The molecule has 1 aromatic carbocycles. The van der Waals surface area contributed by atoms with Gasteiger partial charge in [0.15, 0.2) is 0 Å². The van der Waals surface area contributed by atoms with E-state index in [0.29, 0.717) is 6.61 Å². The van der Waals surface area contributed by atoms with Gasteiger partial charge in [-0.15, -0.1) is 0 Å². The summed E-state index contributed by atoms with van der Waals surface area (Å²) in [5, 5.41) is 9.15. The number of aliphatic hydroxyl groups is 1. The second-order valence-corrected chi connectivity index (χ2v) is 3.48. The minimum absolute atomic E-state index is 0.110. The van der Waals surface area contributed by atoms with Crippen LogP contribution in [0.1, 0.15) is 30.9 Å². The zero-order valence-electron chi connectivity index (χ0n) is 9.36. The molecule has 82 valence electrons. The maximum atomic E-state index is 9.15. The standard InChI is InChI=1S/C13H18O2/c1-4-11-12(10(3)9-14)7-6-8-13(11)15-5-2/h4,6-8,10,14H,1,5,9H2,2-3H3. The predicted octanol–water partition coefficient (Wildman–Crippen LogP) is 2.82. The van der Waals surface area contributed by atoms with E-state index in [4.69, 9.17) is 9.84 Å². The Morgan fingerprint density at radius 3 is 2.80 bits per heavy atom. The van der Waals surface area contributed by atoms with Crippen LogP contribution in [0.3, 0.4) is 0 Å². The second-order valence-electron chi connectivity index (χ2n) is 3.48. The van der Waals surface area contributed by atoms with Crippen LogP contribution < -0.4 is 4.74 Å². The van der Waals surface area contributed by atoms with Gasteiger partial charge < -0.3 is 9.84 Å². The second kappa shape index (κ2) is 5.56. The third-order valence-electron chi connectivity index (χ3n) is 2.41. The Morgan fingerprint density at radius 1 is 1.53 bits per heavy atom. The minimum atomic E-state index is 0.110. The molecule has 0 aromatic heterocycles. The third-order valence-corrected chi connectivity index (χ3v) is 2.41. The average Bonchev–Trinajstić information content (AvgIpc) is 2.28. The van der Waals surface area contributed by atoms with E-state index < -0.39 is 0 Å². The molecular formula is C13H18O2. The van der Waals surface area contributed by atoms with Crippen LogP contribution in [0.15, 0.2) is 24.8 Å². The van der Waals surface area contributed by atoms with Gasteiger partial charge >= 0.3 is 0 Å². The van der Waals surface area contributed by atoms with Crippen LogP contribution in [0.5, 0.6) is 5.75 Å². The molecule has 0 aliphatic heterocycles. The molecule has 15 heavy (non-hydrogen) atoms. The van der Waals surface area contributed by atoms with Gasteiger partial charge in [0.25, 0.3) is 0 Å². The van der Waals surface area contributed by atoms with Crippen LogP contribution >= 0.6 is 0 Å². The van der Waals surface area contributed by atoms with Gasteiger partial charge in [0.2, 0.25) is 0 Å². The van der Waals surface area contributed by atoms with E-state index in [0.717, 1.165) is 16.9 Å². The normalized spacial score (nSPS) is 12.2. The van der Waals surface area contributed by atoms with Gasteiger partial charge in [-0.1, -0.05) is 31.7 Å². The molecule has 0 fully saturated rings. The molecule has 0 spiro atoms. The lowest BCUT2D eigenvalue weighted by molar-refractivity contribution is 0.272. The molecule has 0 heterocycles. The van der Waals surface area contributed by atoms with Crippen LogP contribution in [-0.2, 0) is 0 Å². The summed E-state index contributed by atoms with van der Waals surface area (Å²) in [6.45, 7) is 8.50. The van der Waals surface area contributed by atoms with Crippen molar-refractivity contribution < 1.29 is 9.84 Å². The highest BCUT2D eigenvalue weighted by molar-refractivity contribution is 5.60. The molecule has 1 N–H and O–H groups in total. The first-order chi connectivity index (χ1) is 7.24. The summed E-state index contributed by atoms with van der Waals surface area (Å²) in [6.07, 6.45) is 1.78. The van der Waals surface area contributed by atoms with Crippen LogP contribution in [0.2, 0.25) is 0 Å². The molecule has 0 radical (unpaired) electrons. The number of aliphatic hydroxyl groups excluding tert-OH is 1. The molecule has 0 bridgehead atoms. The maximum Gasteiger partial charge on any atom is 0.126 e. The largest absolute Gasteiger partial charge is 0.493 e. The SMILES string of the molecule is C=Cc1c(OCC)cccc1C(C)CO. The topological polar surface area (TPSA) is 29.5 Å². The molecule has 0 aliphatic rings. The minimum Gasteiger partial charge on any atom is -0.493 e. The third kappa shape index (κ3) is 2.60. The van der Waals surface area contributed by atoms with E-state index >= 15 is 0 Å². The van der Waals surface area contributed by atoms with Gasteiger partial charge in [-0.2, -0.15) is 0 Å². The summed E-state index contributed by atoms with van der Waals surface area (Å²) in [5.74, 6) is 0.948. The molecule has 0 amide bonds. The Labute approximate surface area is 91.2 Å². The van der Waals surface area contributed by atoms with E-state index in [2.05, 4.69) is 6.58 Å². The molecule has 0 saturated heterocycles. The Morgan fingerprint density at radius 2 is 2.27 bits per heavy atom. The van der Waals surface area contributed by atoms with Crippen molar-refractivity contribution >= 4 is 6.08 Å². The molecule has 2 nitrogen and oxygen atoms in total. The molecular weight excluding hydrogens is 188 g/mol. The molecule has 0 saturated carbocycles. The lowest BCUT2D eigenvalue weighted by Gasteiger charge is -2.15. The highest BCUT2D eigenvalue weighted by Gasteiger charge is 2.11. The number of rotatable bonds is 5. The Bertz CT molecular complexity index is 331. The van der Waals surface area contributed by atoms with Crippen molar-refractivity contribution in [2.45, 2.75) is 19.8 Å². The smallest absolute Gasteiger partial charge is 0.126 e. The fraction of sp³-hybridized carbons (Fsp3) is 0.385. The van der Waals surface area contributed by atoms with Gasteiger partial charge in [-0.3, -0.25) is 0 Å². The lowest BCUT2D eigenvalue weighted by Crippen LogP contribution is -2.03. The molecule has 1 rings (SSSR count). The van der Waals surface area contributed by atoms with Crippen LogP contribution in [0.25, 0.3) is 6.08 Å². The monoisotopic (exact) mass is 206 g/mol. The van der Waals surface area contributed by atoms with Crippen molar-refractivity contribution in [3.8, 4) is 5.75 Å². The Kier molecular flexibility index (Phi) is 4.37. The predicted molar refractivity (Wildman–Crippen MR) is 63.2 cm³/mol. The van der Waals surface area contributed by atoms with Crippen LogP contribution in [0.4, 0.5) is 0 Å². The first kappa shape index (κ1) is 11.8. The maximum absolute atomic E-state index is 9.15. The lowest BCUT2D eigenvalue weighted by atomic mass is 9.95. The van der Waals surface area contributed by atoms with Crippen LogP contribution in [-0.4, -0.2) is 18.3 Å². The molecule has 1 unspecified atom stereocenters. The van der Waals surface area contributed by atoms with E-state index in [-0.39, 0.29) is 12.5 Å². The van der Waals surface area contributed by atoms with Gasteiger partial charge in [0.05, 0.1) is 6.61 Å².